The minimum absolute atomic E-state index is 0.164. The number of hydrogen-bond acceptors (Lipinski definition) is 4. The Morgan fingerprint density at radius 3 is 2.72 bits per heavy atom. The molecule has 5 nitrogen and oxygen atoms in total. The second-order valence-electron chi connectivity index (χ2n) is 5.52. The monoisotopic (exact) mass is 358 g/mol. The van der Waals surface area contributed by atoms with Crippen molar-refractivity contribution in [2.45, 2.75) is 26.2 Å². The van der Waals surface area contributed by atoms with Crippen LogP contribution in [0.25, 0.3) is 6.08 Å². The summed E-state index contributed by atoms with van der Waals surface area (Å²) in [5.41, 5.74) is 5.73. The van der Waals surface area contributed by atoms with Crippen LogP contribution < -0.4 is 15.6 Å². The molecule has 0 aliphatic carbocycles. The van der Waals surface area contributed by atoms with E-state index in [1.807, 2.05) is 41.8 Å². The van der Waals surface area contributed by atoms with Crippen LogP contribution in [0, 0.1) is 0 Å². The highest BCUT2D eigenvalue weighted by Gasteiger charge is 2.11. The normalized spacial score (nSPS) is 11.9. The predicted octanol–water partition coefficient (Wildman–Crippen LogP) is 3.50. The third-order valence-corrected chi connectivity index (χ3v) is 4.53. The van der Waals surface area contributed by atoms with E-state index in [0.717, 1.165) is 16.9 Å². The maximum atomic E-state index is 11.8. The molecule has 6 heteroatoms. The van der Waals surface area contributed by atoms with Gasteiger partial charge >= 0.3 is 0 Å². The van der Waals surface area contributed by atoms with Crippen molar-refractivity contribution < 1.29 is 14.3 Å². The lowest BCUT2D eigenvalue weighted by Gasteiger charge is -2.15. The Morgan fingerprint density at radius 1 is 1.20 bits per heavy atom. The van der Waals surface area contributed by atoms with Crippen LogP contribution in [-0.4, -0.2) is 18.4 Å². The van der Waals surface area contributed by atoms with E-state index in [-0.39, 0.29) is 6.61 Å². The van der Waals surface area contributed by atoms with Gasteiger partial charge < -0.3 is 4.74 Å². The number of carbonyl (C=O) groups is 2. The van der Waals surface area contributed by atoms with Crippen LogP contribution >= 0.6 is 11.3 Å². The van der Waals surface area contributed by atoms with Gasteiger partial charge in [-0.2, -0.15) is 0 Å². The Morgan fingerprint density at radius 2 is 2.00 bits per heavy atom. The maximum Gasteiger partial charge on any atom is 0.276 e. The van der Waals surface area contributed by atoms with Gasteiger partial charge in [-0.15, -0.1) is 11.3 Å². The van der Waals surface area contributed by atoms with Gasteiger partial charge in [-0.3, -0.25) is 20.4 Å². The zero-order chi connectivity index (χ0) is 18.1. The lowest BCUT2D eigenvalue weighted by atomic mass is 9.98. The van der Waals surface area contributed by atoms with Gasteiger partial charge in [0.25, 0.3) is 11.8 Å². The van der Waals surface area contributed by atoms with Gasteiger partial charge in [0.05, 0.1) is 0 Å². The first-order chi connectivity index (χ1) is 12.1. The van der Waals surface area contributed by atoms with Crippen molar-refractivity contribution in [2.75, 3.05) is 6.61 Å². The molecule has 0 aliphatic heterocycles. The number of nitrogens with one attached hydrogen (secondary N) is 2. The van der Waals surface area contributed by atoms with Crippen LogP contribution in [0.1, 0.15) is 36.6 Å². The van der Waals surface area contributed by atoms with Crippen molar-refractivity contribution in [1.29, 1.82) is 0 Å². The number of rotatable bonds is 7. The molecule has 0 spiro atoms. The second kappa shape index (κ2) is 9.64. The molecule has 1 aromatic heterocycles. The molecule has 2 rings (SSSR count). The first-order valence-corrected chi connectivity index (χ1v) is 9.00. The van der Waals surface area contributed by atoms with Crippen LogP contribution in [0.2, 0.25) is 0 Å². The van der Waals surface area contributed by atoms with Crippen molar-refractivity contribution in [3.05, 3.63) is 58.3 Å². The van der Waals surface area contributed by atoms with E-state index in [0.29, 0.717) is 11.7 Å². The van der Waals surface area contributed by atoms with Gasteiger partial charge in [-0.05, 0) is 41.5 Å². The van der Waals surface area contributed by atoms with Crippen molar-refractivity contribution >= 4 is 29.2 Å². The van der Waals surface area contributed by atoms with E-state index in [2.05, 4.69) is 24.7 Å². The molecule has 1 aromatic carbocycles. The highest BCUT2D eigenvalue weighted by molar-refractivity contribution is 7.10. The van der Waals surface area contributed by atoms with Gasteiger partial charge in [0.1, 0.15) is 5.75 Å². The molecular formula is C19H22N2O3S. The predicted molar refractivity (Wildman–Crippen MR) is 100 cm³/mol. The molecular weight excluding hydrogens is 336 g/mol. The van der Waals surface area contributed by atoms with Crippen LogP contribution in [0.3, 0.4) is 0 Å². The number of thiophene rings is 1. The summed E-state index contributed by atoms with van der Waals surface area (Å²) < 4.78 is 5.59. The summed E-state index contributed by atoms with van der Waals surface area (Å²) in [4.78, 5) is 24.4. The summed E-state index contributed by atoms with van der Waals surface area (Å²) in [5, 5.41) is 1.92. The fourth-order valence-corrected chi connectivity index (χ4v) is 2.75. The molecule has 1 unspecified atom stereocenters. The van der Waals surface area contributed by atoms with E-state index in [4.69, 9.17) is 4.74 Å². The largest absolute Gasteiger partial charge is 0.483 e. The number of ether oxygens (including phenoxy) is 1. The van der Waals surface area contributed by atoms with Gasteiger partial charge in [-0.1, -0.05) is 38.1 Å². The van der Waals surface area contributed by atoms with Gasteiger partial charge in [0.2, 0.25) is 0 Å². The van der Waals surface area contributed by atoms with Crippen molar-refractivity contribution in [3.63, 3.8) is 0 Å². The number of para-hydroxylation sites is 1. The zero-order valence-electron chi connectivity index (χ0n) is 14.3. The lowest BCUT2D eigenvalue weighted by Crippen LogP contribution is -2.43. The highest BCUT2D eigenvalue weighted by Crippen LogP contribution is 2.28. The Labute approximate surface area is 151 Å². The van der Waals surface area contributed by atoms with E-state index in [1.165, 1.54) is 17.4 Å². The minimum atomic E-state index is -0.420. The fourth-order valence-electron chi connectivity index (χ4n) is 2.14. The average Bonchev–Trinajstić information content (AvgIpc) is 3.16. The lowest BCUT2D eigenvalue weighted by molar-refractivity contribution is -0.128. The summed E-state index contributed by atoms with van der Waals surface area (Å²) in [6.07, 6.45) is 4.04. The molecule has 0 saturated carbocycles. The third-order valence-electron chi connectivity index (χ3n) is 3.69. The summed E-state index contributed by atoms with van der Waals surface area (Å²) in [5.74, 6) is 0.218. The number of carbonyl (C=O) groups excluding carboxylic acids is 2. The summed E-state index contributed by atoms with van der Waals surface area (Å²) >= 11 is 1.53. The van der Waals surface area contributed by atoms with Gasteiger partial charge in [0, 0.05) is 11.0 Å². The SMILES string of the molecule is CCC(C)c1ccccc1OCC(=O)NNC(=O)/C=C/c1cccs1. The van der Waals surface area contributed by atoms with E-state index in [9.17, 15) is 9.59 Å². The van der Waals surface area contributed by atoms with E-state index in [1.54, 1.807) is 6.08 Å². The Balaban J connectivity index is 1.78. The Bertz CT molecular complexity index is 726. The molecule has 0 saturated heterocycles. The smallest absolute Gasteiger partial charge is 0.276 e. The van der Waals surface area contributed by atoms with Crippen molar-refractivity contribution in [3.8, 4) is 5.75 Å². The Hall–Kier alpha value is -2.60. The number of hydrogen-bond donors (Lipinski definition) is 2. The van der Waals surface area contributed by atoms with Crippen LogP contribution in [-0.2, 0) is 9.59 Å². The first kappa shape index (κ1) is 18.7. The van der Waals surface area contributed by atoms with E-state index < -0.39 is 11.8 Å². The molecule has 0 aliphatic rings. The van der Waals surface area contributed by atoms with E-state index >= 15 is 0 Å². The van der Waals surface area contributed by atoms with Crippen molar-refractivity contribution in [1.82, 2.24) is 10.9 Å². The maximum absolute atomic E-state index is 11.8. The molecule has 0 bridgehead atoms. The third kappa shape index (κ3) is 6.08. The van der Waals surface area contributed by atoms with Crippen LogP contribution in [0.4, 0.5) is 0 Å². The molecule has 1 atom stereocenters. The summed E-state index contributed by atoms with van der Waals surface area (Å²) in [6.45, 7) is 4.05. The molecule has 2 amide bonds. The van der Waals surface area contributed by atoms with Crippen molar-refractivity contribution in [2.24, 2.45) is 0 Å². The minimum Gasteiger partial charge on any atom is -0.483 e. The molecule has 2 N–H and O–H groups in total. The molecule has 0 fully saturated rings. The molecule has 1 heterocycles. The average molecular weight is 358 g/mol. The molecule has 2 aromatic rings. The number of amides is 2. The van der Waals surface area contributed by atoms with Crippen LogP contribution in [0.15, 0.2) is 47.9 Å². The van der Waals surface area contributed by atoms with Gasteiger partial charge in [-0.25, -0.2) is 0 Å². The van der Waals surface area contributed by atoms with Gasteiger partial charge in [0.15, 0.2) is 6.61 Å². The van der Waals surface area contributed by atoms with Crippen LogP contribution in [0.5, 0.6) is 5.75 Å². The first-order valence-electron chi connectivity index (χ1n) is 8.12. The quantitative estimate of drug-likeness (QED) is 0.588. The zero-order valence-corrected chi connectivity index (χ0v) is 15.1. The second-order valence-corrected chi connectivity index (χ2v) is 6.50. The highest BCUT2D eigenvalue weighted by atomic mass is 32.1. The Kier molecular flexibility index (Phi) is 7.22. The molecule has 0 radical (unpaired) electrons. The standard InChI is InChI=1S/C19H22N2O3S/c1-3-14(2)16-8-4-5-9-17(16)24-13-19(23)21-20-18(22)11-10-15-7-6-12-25-15/h4-12,14H,3,13H2,1-2H3,(H,20,22)(H,21,23)/b11-10+. The number of benzene rings is 1. The topological polar surface area (TPSA) is 67.4 Å². The molecule has 25 heavy (non-hydrogen) atoms. The summed E-state index contributed by atoms with van der Waals surface area (Å²) in [7, 11) is 0. The fraction of sp³-hybridized carbons (Fsp3) is 0.263. The number of hydrazine groups is 1. The summed E-state index contributed by atoms with van der Waals surface area (Å²) in [6, 6.07) is 11.5. The molecule has 132 valence electrons.